The lowest BCUT2D eigenvalue weighted by Gasteiger charge is -2.20. The first-order chi connectivity index (χ1) is 10.2. The van der Waals surface area contributed by atoms with Crippen molar-refractivity contribution in [3.63, 3.8) is 0 Å². The van der Waals surface area contributed by atoms with Gasteiger partial charge in [-0.25, -0.2) is 8.78 Å². The van der Waals surface area contributed by atoms with E-state index >= 15 is 0 Å². The van der Waals surface area contributed by atoms with Gasteiger partial charge >= 0.3 is 0 Å². The summed E-state index contributed by atoms with van der Waals surface area (Å²) in [7, 11) is 1.43. The molecular formula is C17H19F2NO. The summed E-state index contributed by atoms with van der Waals surface area (Å²) in [5.41, 5.74) is 1.64. The fourth-order valence-electron chi connectivity index (χ4n) is 2.26. The maximum atomic E-state index is 13.5. The molecule has 0 spiro atoms. The summed E-state index contributed by atoms with van der Waals surface area (Å²) in [5, 5.41) is 3.36. The fraction of sp³-hybridized carbons (Fsp3) is 0.294. The smallest absolute Gasteiger partial charge is 0.165 e. The number of halogens is 2. The van der Waals surface area contributed by atoms with E-state index in [9.17, 15) is 8.78 Å². The minimum Gasteiger partial charge on any atom is -0.494 e. The molecule has 0 bridgehead atoms. The Balaban J connectivity index is 2.40. The Labute approximate surface area is 123 Å². The second-order valence-corrected chi connectivity index (χ2v) is 4.84. The van der Waals surface area contributed by atoms with Gasteiger partial charge in [-0.2, -0.15) is 0 Å². The van der Waals surface area contributed by atoms with Gasteiger partial charge in [-0.1, -0.05) is 25.1 Å². The van der Waals surface area contributed by atoms with E-state index in [0.29, 0.717) is 0 Å². The monoisotopic (exact) mass is 291 g/mol. The zero-order valence-electron chi connectivity index (χ0n) is 12.2. The SMILES string of the molecule is CCCNC(c1cccc(F)c1)c1ccc(F)c(OC)c1. The number of hydrogen-bond donors (Lipinski definition) is 1. The van der Waals surface area contributed by atoms with Crippen LogP contribution in [0, 0.1) is 11.6 Å². The van der Waals surface area contributed by atoms with Crippen LogP contribution in [0.25, 0.3) is 0 Å². The number of benzene rings is 2. The molecule has 0 heterocycles. The summed E-state index contributed by atoms with van der Waals surface area (Å²) in [4.78, 5) is 0. The van der Waals surface area contributed by atoms with Crippen molar-refractivity contribution in [2.45, 2.75) is 19.4 Å². The molecule has 0 aliphatic carbocycles. The van der Waals surface area contributed by atoms with Crippen LogP contribution >= 0.6 is 0 Å². The normalized spacial score (nSPS) is 12.2. The molecule has 0 aromatic heterocycles. The fourth-order valence-corrected chi connectivity index (χ4v) is 2.26. The number of nitrogens with one attached hydrogen (secondary N) is 1. The van der Waals surface area contributed by atoms with Gasteiger partial charge in [0.25, 0.3) is 0 Å². The first kappa shape index (κ1) is 15.4. The van der Waals surface area contributed by atoms with Gasteiger partial charge in [-0.15, -0.1) is 0 Å². The largest absolute Gasteiger partial charge is 0.494 e. The first-order valence-electron chi connectivity index (χ1n) is 6.98. The number of rotatable bonds is 6. The molecule has 4 heteroatoms. The van der Waals surface area contributed by atoms with Gasteiger partial charge < -0.3 is 10.1 Å². The van der Waals surface area contributed by atoms with Crippen LogP contribution in [0.4, 0.5) is 8.78 Å². The third-order valence-electron chi connectivity index (χ3n) is 3.29. The second kappa shape index (κ2) is 7.18. The molecule has 1 unspecified atom stereocenters. The van der Waals surface area contributed by atoms with Gasteiger partial charge in [0.05, 0.1) is 13.2 Å². The van der Waals surface area contributed by atoms with Crippen molar-refractivity contribution in [1.29, 1.82) is 0 Å². The quantitative estimate of drug-likeness (QED) is 0.866. The van der Waals surface area contributed by atoms with Gasteiger partial charge in [0, 0.05) is 0 Å². The summed E-state index contributed by atoms with van der Waals surface area (Å²) in [6.45, 7) is 2.84. The van der Waals surface area contributed by atoms with Crippen LogP contribution < -0.4 is 10.1 Å². The third kappa shape index (κ3) is 3.79. The van der Waals surface area contributed by atoms with E-state index in [-0.39, 0.29) is 17.6 Å². The molecule has 2 nitrogen and oxygen atoms in total. The molecule has 0 saturated carbocycles. The predicted molar refractivity (Wildman–Crippen MR) is 79.5 cm³/mol. The molecule has 2 aromatic carbocycles. The molecule has 1 N–H and O–H groups in total. The lowest BCUT2D eigenvalue weighted by molar-refractivity contribution is 0.385. The Kier molecular flexibility index (Phi) is 5.28. The Morgan fingerprint density at radius 2 is 1.86 bits per heavy atom. The lowest BCUT2D eigenvalue weighted by atomic mass is 9.98. The van der Waals surface area contributed by atoms with Crippen molar-refractivity contribution in [3.05, 3.63) is 65.2 Å². The van der Waals surface area contributed by atoms with Crippen molar-refractivity contribution in [3.8, 4) is 5.75 Å². The van der Waals surface area contributed by atoms with Crippen molar-refractivity contribution < 1.29 is 13.5 Å². The van der Waals surface area contributed by atoms with Crippen molar-refractivity contribution in [1.82, 2.24) is 5.32 Å². The highest BCUT2D eigenvalue weighted by Crippen LogP contribution is 2.27. The van der Waals surface area contributed by atoms with Gasteiger partial charge in [-0.05, 0) is 48.4 Å². The highest BCUT2D eigenvalue weighted by Gasteiger charge is 2.16. The molecule has 112 valence electrons. The topological polar surface area (TPSA) is 21.3 Å². The summed E-state index contributed by atoms with van der Waals surface area (Å²) in [6.07, 6.45) is 0.949. The molecule has 0 aliphatic heterocycles. The highest BCUT2D eigenvalue weighted by molar-refractivity contribution is 5.37. The molecule has 2 rings (SSSR count). The Hall–Kier alpha value is -1.94. The van der Waals surface area contributed by atoms with Crippen LogP contribution in [-0.4, -0.2) is 13.7 Å². The van der Waals surface area contributed by atoms with Crippen LogP contribution in [0.15, 0.2) is 42.5 Å². The summed E-state index contributed by atoms with van der Waals surface area (Å²) in [5.74, 6) is -0.508. The molecule has 2 aromatic rings. The maximum absolute atomic E-state index is 13.5. The van der Waals surface area contributed by atoms with E-state index in [1.807, 2.05) is 6.07 Å². The molecule has 0 amide bonds. The van der Waals surface area contributed by atoms with E-state index in [1.165, 1.54) is 25.3 Å². The number of hydrogen-bond acceptors (Lipinski definition) is 2. The molecule has 0 fully saturated rings. The van der Waals surface area contributed by atoms with E-state index < -0.39 is 5.82 Å². The molecule has 0 saturated heterocycles. The third-order valence-corrected chi connectivity index (χ3v) is 3.29. The molecule has 0 radical (unpaired) electrons. The van der Waals surface area contributed by atoms with Crippen LogP contribution in [0.3, 0.4) is 0 Å². The molecule has 1 atom stereocenters. The second-order valence-electron chi connectivity index (χ2n) is 4.84. The molecule has 21 heavy (non-hydrogen) atoms. The Morgan fingerprint density at radius 1 is 1.10 bits per heavy atom. The minimum atomic E-state index is -0.408. The van der Waals surface area contributed by atoms with E-state index in [1.54, 1.807) is 18.2 Å². The summed E-state index contributed by atoms with van der Waals surface area (Å²) >= 11 is 0. The van der Waals surface area contributed by atoms with Crippen LogP contribution in [-0.2, 0) is 0 Å². The average Bonchev–Trinajstić information content (AvgIpc) is 2.49. The maximum Gasteiger partial charge on any atom is 0.165 e. The molecule has 0 aliphatic rings. The summed E-state index contributed by atoms with van der Waals surface area (Å²) in [6, 6.07) is 10.9. The number of ether oxygens (including phenoxy) is 1. The van der Waals surface area contributed by atoms with Gasteiger partial charge in [0.15, 0.2) is 11.6 Å². The standard InChI is InChI=1S/C17H19F2NO/c1-3-9-20-17(12-5-4-6-14(18)10-12)13-7-8-15(19)16(11-13)21-2/h4-8,10-11,17,20H,3,9H2,1-2H3. The lowest BCUT2D eigenvalue weighted by Crippen LogP contribution is -2.23. The van der Waals surface area contributed by atoms with Gasteiger partial charge in [0.2, 0.25) is 0 Å². The zero-order valence-corrected chi connectivity index (χ0v) is 12.2. The molecular weight excluding hydrogens is 272 g/mol. The van der Waals surface area contributed by atoms with E-state index in [0.717, 1.165) is 24.1 Å². The van der Waals surface area contributed by atoms with Gasteiger partial charge in [-0.3, -0.25) is 0 Å². The van der Waals surface area contributed by atoms with Crippen LogP contribution in [0.2, 0.25) is 0 Å². The van der Waals surface area contributed by atoms with Crippen molar-refractivity contribution in [2.75, 3.05) is 13.7 Å². The van der Waals surface area contributed by atoms with Crippen molar-refractivity contribution >= 4 is 0 Å². The van der Waals surface area contributed by atoms with Gasteiger partial charge in [0.1, 0.15) is 5.82 Å². The van der Waals surface area contributed by atoms with Crippen molar-refractivity contribution in [2.24, 2.45) is 0 Å². The highest BCUT2D eigenvalue weighted by atomic mass is 19.1. The average molecular weight is 291 g/mol. The zero-order chi connectivity index (χ0) is 15.2. The van der Waals surface area contributed by atoms with Crippen LogP contribution in [0.1, 0.15) is 30.5 Å². The Bertz CT molecular complexity index is 601. The summed E-state index contributed by atoms with van der Waals surface area (Å²) < 4.78 is 32.0. The van der Waals surface area contributed by atoms with Crippen LogP contribution in [0.5, 0.6) is 5.75 Å². The predicted octanol–water partition coefficient (Wildman–Crippen LogP) is 4.06. The minimum absolute atomic E-state index is 0.187. The van der Waals surface area contributed by atoms with E-state index in [4.69, 9.17) is 4.74 Å². The Morgan fingerprint density at radius 3 is 2.52 bits per heavy atom. The number of methoxy groups -OCH3 is 1. The van der Waals surface area contributed by atoms with E-state index in [2.05, 4.69) is 12.2 Å². The first-order valence-corrected chi connectivity index (χ1v) is 6.98.